The zero-order chi connectivity index (χ0) is 28.8. The Balaban J connectivity index is 1.56. The number of hydrogen-bond donors (Lipinski definition) is 2. The van der Waals surface area contributed by atoms with Gasteiger partial charge in [0.1, 0.15) is 16.5 Å². The van der Waals surface area contributed by atoms with Crippen LogP contribution in [0.4, 0.5) is 11.6 Å². The fourth-order valence-electron chi connectivity index (χ4n) is 4.75. The first-order valence-corrected chi connectivity index (χ1v) is 13.9. The number of piperidine rings is 1. The molecule has 0 spiro atoms. The number of nitrogens with zero attached hydrogens (tertiary/aromatic N) is 3. The molecule has 1 amide bonds. The van der Waals surface area contributed by atoms with E-state index in [1.54, 1.807) is 12.1 Å². The number of aromatic nitrogens is 2. The summed E-state index contributed by atoms with van der Waals surface area (Å²) in [5.41, 5.74) is 1.29. The molecule has 1 aliphatic carbocycles. The van der Waals surface area contributed by atoms with Crippen LogP contribution in [0.5, 0.6) is 11.6 Å². The number of ketones is 1. The average molecular weight is 587 g/mol. The van der Waals surface area contributed by atoms with Crippen molar-refractivity contribution in [3.63, 3.8) is 0 Å². The summed E-state index contributed by atoms with van der Waals surface area (Å²) in [5.74, 6) is 0.548. The Bertz CT molecular complexity index is 1350. The van der Waals surface area contributed by atoms with Crippen LogP contribution in [0, 0.1) is 5.92 Å². The first kappa shape index (κ1) is 29.6. The molecule has 0 saturated carbocycles. The van der Waals surface area contributed by atoms with E-state index in [0.29, 0.717) is 34.8 Å². The number of halogens is 2. The lowest BCUT2D eigenvalue weighted by atomic mass is 9.87. The maximum absolute atomic E-state index is 13.0. The highest BCUT2D eigenvalue weighted by molar-refractivity contribution is 6.34. The molecule has 1 fully saturated rings. The minimum absolute atomic E-state index is 0.0889. The lowest BCUT2D eigenvalue weighted by molar-refractivity contribution is -0.111. The van der Waals surface area contributed by atoms with Crippen LogP contribution in [0.3, 0.4) is 0 Å². The highest BCUT2D eigenvalue weighted by atomic mass is 35.5. The molecule has 0 radical (unpaired) electrons. The second-order valence-electron chi connectivity index (χ2n) is 9.71. The van der Waals surface area contributed by atoms with Crippen molar-refractivity contribution in [3.05, 3.63) is 70.1 Å². The molecule has 1 aromatic heterocycles. The number of rotatable bonds is 10. The fourth-order valence-corrected chi connectivity index (χ4v) is 5.13. The molecule has 2 aromatic rings. The molecular formula is C29H33Cl2N5O4. The molecule has 11 heteroatoms. The van der Waals surface area contributed by atoms with Gasteiger partial charge < -0.3 is 25.0 Å². The summed E-state index contributed by atoms with van der Waals surface area (Å²) in [4.78, 5) is 36.5. The highest BCUT2D eigenvalue weighted by Crippen LogP contribution is 2.35. The molecule has 9 nitrogen and oxygen atoms in total. The third-order valence-electron chi connectivity index (χ3n) is 7.00. The number of ether oxygens (including phenoxy) is 2. The normalized spacial score (nSPS) is 17.9. The van der Waals surface area contributed by atoms with E-state index in [2.05, 4.69) is 39.1 Å². The number of carbonyl (C=O) groups excluding carboxylic acids is 2. The molecule has 1 unspecified atom stereocenters. The van der Waals surface area contributed by atoms with Crippen LogP contribution in [0.2, 0.25) is 10.0 Å². The number of likely N-dealkylation sites (tertiary alicyclic amines) is 1. The average Bonchev–Trinajstić information content (AvgIpc) is 2.95. The number of benzene rings is 1. The molecule has 1 aromatic carbocycles. The Morgan fingerprint density at radius 2 is 1.98 bits per heavy atom. The van der Waals surface area contributed by atoms with Crippen LogP contribution in [0.15, 0.2) is 54.5 Å². The molecule has 2 N–H and O–H groups in total. The smallest absolute Gasteiger partial charge is 0.253 e. The number of methoxy groups -OCH3 is 1. The number of nitrogens with one attached hydrogen (secondary N) is 2. The SMILES string of the molecule is C=CC(=O)C1=C(Oc2nc(Nc3cc(Cl)c(C(=O)NC4CCN(C)CC4)cc3OC)ncc2Cl)CC=CC1CC. The minimum atomic E-state index is -0.257. The molecule has 4 rings (SSSR count). The van der Waals surface area contributed by atoms with Crippen molar-refractivity contribution >= 4 is 46.5 Å². The first-order valence-electron chi connectivity index (χ1n) is 13.1. The van der Waals surface area contributed by atoms with Crippen LogP contribution < -0.4 is 20.1 Å². The number of amides is 1. The van der Waals surface area contributed by atoms with E-state index in [0.717, 1.165) is 32.4 Å². The molecule has 1 saturated heterocycles. The quantitative estimate of drug-likeness (QED) is 0.269. The van der Waals surface area contributed by atoms with Gasteiger partial charge >= 0.3 is 0 Å². The van der Waals surface area contributed by atoms with Crippen molar-refractivity contribution in [2.45, 2.75) is 38.6 Å². The first-order chi connectivity index (χ1) is 19.2. The van der Waals surface area contributed by atoms with Crippen LogP contribution in [-0.4, -0.2) is 59.8 Å². The van der Waals surface area contributed by atoms with E-state index < -0.39 is 0 Å². The third kappa shape index (κ3) is 6.83. The largest absolute Gasteiger partial charge is 0.495 e. The van der Waals surface area contributed by atoms with Gasteiger partial charge in [-0.3, -0.25) is 9.59 Å². The molecule has 1 atom stereocenters. The molecule has 40 heavy (non-hydrogen) atoms. The minimum Gasteiger partial charge on any atom is -0.495 e. The Kier molecular flexibility index (Phi) is 9.84. The van der Waals surface area contributed by atoms with E-state index in [4.69, 9.17) is 32.7 Å². The Labute approximate surface area is 244 Å². The standard InChI is InChI=1S/C29H33Cl2N5O4/c1-5-17-8-7-9-24(26(17)23(37)6-2)40-28-21(31)16-32-29(35-28)34-22-15-20(30)19(14-25(22)39-4)27(38)33-18-10-12-36(3)13-11-18/h6-8,14-18H,2,5,9-13H2,1,3-4H3,(H,33,38)(H,32,34,35). The van der Waals surface area contributed by atoms with Crippen molar-refractivity contribution in [1.82, 2.24) is 20.2 Å². The number of allylic oxidation sites excluding steroid dienone is 4. The van der Waals surface area contributed by atoms with Crippen LogP contribution in [0.25, 0.3) is 0 Å². The van der Waals surface area contributed by atoms with Gasteiger partial charge in [0, 0.05) is 24.0 Å². The molecule has 1 aliphatic heterocycles. The summed E-state index contributed by atoms with van der Waals surface area (Å²) in [5, 5.41) is 6.56. The van der Waals surface area contributed by atoms with Gasteiger partial charge in [-0.2, -0.15) is 4.98 Å². The van der Waals surface area contributed by atoms with Crippen LogP contribution in [-0.2, 0) is 4.79 Å². The van der Waals surface area contributed by atoms with E-state index >= 15 is 0 Å². The zero-order valence-corrected chi connectivity index (χ0v) is 24.3. The van der Waals surface area contributed by atoms with Gasteiger partial charge in [0.15, 0.2) is 5.78 Å². The predicted molar refractivity (Wildman–Crippen MR) is 157 cm³/mol. The summed E-state index contributed by atoms with van der Waals surface area (Å²) < 4.78 is 11.6. The highest BCUT2D eigenvalue weighted by Gasteiger charge is 2.26. The van der Waals surface area contributed by atoms with Crippen LogP contribution >= 0.6 is 23.2 Å². The van der Waals surface area contributed by atoms with E-state index in [9.17, 15) is 9.59 Å². The zero-order valence-electron chi connectivity index (χ0n) is 22.8. The Morgan fingerprint density at radius 1 is 1.23 bits per heavy atom. The van der Waals surface area contributed by atoms with Crippen LogP contribution in [0.1, 0.15) is 43.0 Å². The van der Waals surface area contributed by atoms with Gasteiger partial charge in [-0.25, -0.2) is 4.98 Å². The lowest BCUT2D eigenvalue weighted by Crippen LogP contribution is -2.43. The molecule has 212 valence electrons. The van der Waals surface area contributed by atoms with E-state index in [1.165, 1.54) is 19.4 Å². The van der Waals surface area contributed by atoms with Crippen molar-refractivity contribution in [3.8, 4) is 11.6 Å². The maximum Gasteiger partial charge on any atom is 0.253 e. The van der Waals surface area contributed by atoms with Crippen molar-refractivity contribution in [2.24, 2.45) is 5.92 Å². The van der Waals surface area contributed by atoms with Crippen molar-refractivity contribution in [2.75, 3.05) is 32.6 Å². The van der Waals surface area contributed by atoms with E-state index in [-0.39, 0.29) is 45.5 Å². The van der Waals surface area contributed by atoms with Crippen molar-refractivity contribution in [1.29, 1.82) is 0 Å². The van der Waals surface area contributed by atoms with Gasteiger partial charge in [0.05, 0.1) is 29.6 Å². The summed E-state index contributed by atoms with van der Waals surface area (Å²) in [6, 6.07) is 3.26. The van der Waals surface area contributed by atoms with Gasteiger partial charge in [-0.15, -0.1) is 0 Å². The van der Waals surface area contributed by atoms with Gasteiger partial charge in [0.25, 0.3) is 5.91 Å². The lowest BCUT2D eigenvalue weighted by Gasteiger charge is -2.29. The molecule has 2 aliphatic rings. The number of anilines is 2. The third-order valence-corrected chi connectivity index (χ3v) is 7.57. The molecular weight excluding hydrogens is 553 g/mol. The fraction of sp³-hybridized carbons (Fsp3) is 0.379. The molecule has 2 heterocycles. The maximum atomic E-state index is 13.0. The second-order valence-corrected chi connectivity index (χ2v) is 10.5. The summed E-state index contributed by atoms with van der Waals surface area (Å²) in [6.45, 7) is 7.47. The summed E-state index contributed by atoms with van der Waals surface area (Å²) in [7, 11) is 3.56. The molecule has 0 bridgehead atoms. The topological polar surface area (TPSA) is 106 Å². The van der Waals surface area contributed by atoms with Gasteiger partial charge in [-0.05, 0) is 57.6 Å². The predicted octanol–water partition coefficient (Wildman–Crippen LogP) is 5.73. The van der Waals surface area contributed by atoms with E-state index in [1.807, 2.05) is 19.1 Å². The second kappa shape index (κ2) is 13.3. The van der Waals surface area contributed by atoms with Gasteiger partial charge in [-0.1, -0.05) is 48.9 Å². The van der Waals surface area contributed by atoms with Crippen molar-refractivity contribution < 1.29 is 19.1 Å². The summed E-state index contributed by atoms with van der Waals surface area (Å²) in [6.07, 6.45) is 9.53. The number of carbonyl (C=O) groups is 2. The van der Waals surface area contributed by atoms with Gasteiger partial charge in [0.2, 0.25) is 11.8 Å². The monoisotopic (exact) mass is 585 g/mol. The Hall–Kier alpha value is -3.40. The Morgan fingerprint density at radius 3 is 2.65 bits per heavy atom. The number of hydrogen-bond acceptors (Lipinski definition) is 8. The summed E-state index contributed by atoms with van der Waals surface area (Å²) >= 11 is 12.9.